The van der Waals surface area contributed by atoms with E-state index in [2.05, 4.69) is 146 Å². The van der Waals surface area contributed by atoms with E-state index in [1.807, 2.05) is 12.1 Å². The number of aliphatic hydroxyl groups is 1. The minimum Gasteiger partial charge on any atom is -0.512 e. The molecule has 6 rings (SSSR count). The molecule has 1 aliphatic rings. The third-order valence-electron chi connectivity index (χ3n) is 12.2. The van der Waals surface area contributed by atoms with E-state index in [4.69, 9.17) is 9.97 Å². The molecule has 3 aromatic carbocycles. The number of nitriles is 1. The van der Waals surface area contributed by atoms with Crippen molar-refractivity contribution in [3.05, 3.63) is 83.4 Å². The van der Waals surface area contributed by atoms with Crippen LogP contribution in [-0.2, 0) is 30.3 Å². The first-order valence-corrected chi connectivity index (χ1v) is 22.3. The van der Waals surface area contributed by atoms with Crippen LogP contribution < -0.4 is 0 Å². The minimum absolute atomic E-state index is 0. The summed E-state index contributed by atoms with van der Waals surface area (Å²) in [4.78, 5) is 21.9. The molecule has 59 heavy (non-hydrogen) atoms. The second-order valence-electron chi connectivity index (χ2n) is 21.1. The van der Waals surface area contributed by atoms with Gasteiger partial charge < -0.3 is 5.11 Å². The Hall–Kier alpha value is -3.43. The Morgan fingerprint density at radius 2 is 1.44 bits per heavy atom. The predicted molar refractivity (Wildman–Crippen MR) is 246 cm³/mol. The first-order chi connectivity index (χ1) is 26.9. The van der Waals surface area contributed by atoms with Gasteiger partial charge in [0.05, 0.1) is 17.3 Å². The predicted octanol–water partition coefficient (Wildman–Crippen LogP) is 14.8. The van der Waals surface area contributed by atoms with Crippen LogP contribution in [0.4, 0.5) is 0 Å². The number of carbonyl (C=O) groups is 1. The molecule has 0 aliphatic heterocycles. The van der Waals surface area contributed by atoms with Gasteiger partial charge in [0.25, 0.3) is 0 Å². The maximum atomic E-state index is 12.3. The van der Waals surface area contributed by atoms with E-state index in [1.165, 1.54) is 46.6 Å². The third kappa shape index (κ3) is 11.1. The molecule has 7 heteroatoms. The molecule has 2 aromatic heterocycles. The van der Waals surface area contributed by atoms with Gasteiger partial charge in [-0.3, -0.25) is 9.78 Å². The number of fused-ring (bicyclic) bond motifs is 4. The average Bonchev–Trinajstić information content (AvgIpc) is 3.47. The van der Waals surface area contributed by atoms with Crippen LogP contribution in [0.3, 0.4) is 0 Å². The SMILES string of the molecule is CC(C)C(C(=O)/C=C(\O)C(C(C)C)C(C)C)C(C)C.CC1(C)CC(c2ccc3c(c2)sc2c(-c4[c-]c5cc(C#N)ccc5c(C(C)(C)C)c4)ncnc23)CC(C)(C)C1.[Ir]. The zero-order valence-electron chi connectivity index (χ0n) is 38.3. The van der Waals surface area contributed by atoms with Crippen molar-refractivity contribution in [2.45, 2.75) is 134 Å². The van der Waals surface area contributed by atoms with Gasteiger partial charge >= 0.3 is 0 Å². The Kier molecular flexibility index (Phi) is 15.3. The van der Waals surface area contributed by atoms with Gasteiger partial charge in [0, 0.05) is 64.1 Å². The molecule has 1 radical (unpaired) electrons. The molecular weight excluding hydrogens is 923 g/mol. The number of aromatic nitrogens is 2. The third-order valence-corrected chi connectivity index (χ3v) is 13.3. The van der Waals surface area contributed by atoms with E-state index in [9.17, 15) is 15.2 Å². The van der Waals surface area contributed by atoms with E-state index in [1.54, 1.807) is 17.7 Å². The number of ketones is 1. The van der Waals surface area contributed by atoms with Crippen molar-refractivity contribution in [1.82, 2.24) is 9.97 Å². The summed E-state index contributed by atoms with van der Waals surface area (Å²) < 4.78 is 2.37. The second kappa shape index (κ2) is 18.7. The molecule has 0 atom stereocenters. The van der Waals surface area contributed by atoms with Crippen LogP contribution in [0.25, 0.3) is 42.3 Å². The summed E-state index contributed by atoms with van der Waals surface area (Å²) in [6.45, 7) is 33.0. The van der Waals surface area contributed by atoms with Gasteiger partial charge in [-0.15, -0.1) is 40.5 Å². The van der Waals surface area contributed by atoms with Gasteiger partial charge in [0.15, 0.2) is 5.78 Å². The number of hydrogen-bond acceptors (Lipinski definition) is 6. The van der Waals surface area contributed by atoms with Crippen LogP contribution >= 0.6 is 11.3 Å². The van der Waals surface area contributed by atoms with Gasteiger partial charge in [0.2, 0.25) is 0 Å². The Morgan fingerprint density at radius 1 is 0.864 bits per heavy atom. The van der Waals surface area contributed by atoms with Crippen LogP contribution in [0.15, 0.2) is 60.6 Å². The van der Waals surface area contributed by atoms with Crippen LogP contribution in [0.5, 0.6) is 0 Å². The number of nitrogens with zero attached hydrogens (tertiary/aromatic N) is 3. The van der Waals surface area contributed by atoms with Crippen molar-refractivity contribution in [3.63, 3.8) is 0 Å². The maximum absolute atomic E-state index is 12.3. The molecule has 0 saturated heterocycles. The monoisotopic (exact) mass is 991 g/mol. The van der Waals surface area contributed by atoms with E-state index in [0.29, 0.717) is 46.0 Å². The normalized spacial score (nSPS) is 16.0. The fourth-order valence-corrected chi connectivity index (χ4v) is 11.6. The zero-order valence-corrected chi connectivity index (χ0v) is 41.5. The Morgan fingerprint density at radius 3 is 1.98 bits per heavy atom. The Balaban J connectivity index is 0.000000329. The maximum Gasteiger partial charge on any atom is 0.162 e. The fourth-order valence-electron chi connectivity index (χ4n) is 10.4. The fraction of sp³-hybridized carbons (Fsp3) is 0.538. The molecule has 0 unspecified atom stereocenters. The molecular formula is C52H68IrN3O2S-. The standard InChI is InChI=1S/C35H36N3S.C17H32O2.Ir/c1-33(2,3)28-14-24(13-23-12-21(18-36)8-10-26(23)28)30-32-31(38-20-37-30)27-11-9-22(15-29(27)39-32)25-16-34(4,5)19-35(6,7)17-25;1-10(2)16(11(3)4)14(18)9-15(19)17(12(5)6)13(7)8;/h8-12,14-15,20,25H,16-17,19H2,1-7H3;9-13,16-18H,1-8H3;/q-1;;/b;14-9-;. The van der Waals surface area contributed by atoms with Crippen molar-refractivity contribution < 1.29 is 30.0 Å². The summed E-state index contributed by atoms with van der Waals surface area (Å²) in [7, 11) is 0. The second-order valence-corrected chi connectivity index (χ2v) is 22.1. The van der Waals surface area contributed by atoms with Gasteiger partial charge in [0.1, 0.15) is 6.33 Å². The summed E-state index contributed by atoms with van der Waals surface area (Å²) in [5.74, 6) is 2.20. The van der Waals surface area contributed by atoms with Crippen LogP contribution in [-0.4, -0.2) is 20.9 Å². The average molecular weight is 991 g/mol. The molecule has 319 valence electrons. The van der Waals surface area contributed by atoms with Crippen LogP contribution in [0, 0.1) is 63.7 Å². The zero-order chi connectivity index (χ0) is 43.1. The first kappa shape index (κ1) is 48.2. The van der Waals surface area contributed by atoms with Crippen molar-refractivity contribution in [2.24, 2.45) is 46.3 Å². The summed E-state index contributed by atoms with van der Waals surface area (Å²) in [6, 6.07) is 21.0. The van der Waals surface area contributed by atoms with Gasteiger partial charge in [-0.1, -0.05) is 139 Å². The van der Waals surface area contributed by atoms with Crippen molar-refractivity contribution in [1.29, 1.82) is 5.26 Å². The number of allylic oxidation sites excluding steroid dienone is 2. The van der Waals surface area contributed by atoms with Crippen LogP contribution in [0.2, 0.25) is 0 Å². The minimum atomic E-state index is -0.0704. The van der Waals surface area contributed by atoms with E-state index < -0.39 is 0 Å². The quantitative estimate of drug-likeness (QED) is 0.0903. The summed E-state index contributed by atoms with van der Waals surface area (Å²) in [5.41, 5.74) is 6.83. The summed E-state index contributed by atoms with van der Waals surface area (Å²) in [6.07, 6.45) is 6.89. The van der Waals surface area contributed by atoms with Gasteiger partial charge in [-0.2, -0.15) is 5.26 Å². The van der Waals surface area contributed by atoms with Gasteiger partial charge in [-0.25, -0.2) is 4.98 Å². The molecule has 1 N–H and O–H groups in total. The van der Waals surface area contributed by atoms with Gasteiger partial charge in [-0.05, 0) is 76.7 Å². The molecule has 1 fully saturated rings. The Labute approximate surface area is 372 Å². The van der Waals surface area contributed by atoms with Crippen molar-refractivity contribution in [2.75, 3.05) is 0 Å². The molecule has 0 amide bonds. The topological polar surface area (TPSA) is 86.9 Å². The molecule has 2 heterocycles. The molecule has 1 saturated carbocycles. The van der Waals surface area contributed by atoms with E-state index in [-0.39, 0.29) is 48.9 Å². The smallest absolute Gasteiger partial charge is 0.162 e. The number of hydrogen-bond donors (Lipinski definition) is 1. The van der Waals surface area contributed by atoms with E-state index >= 15 is 0 Å². The van der Waals surface area contributed by atoms with Crippen molar-refractivity contribution >= 4 is 48.2 Å². The molecule has 0 bridgehead atoms. The number of aliphatic hydroxyl groups excluding tert-OH is 1. The first-order valence-electron chi connectivity index (χ1n) is 21.5. The number of carbonyl (C=O) groups excluding carboxylic acids is 1. The summed E-state index contributed by atoms with van der Waals surface area (Å²) >= 11 is 1.79. The van der Waals surface area contributed by atoms with Crippen LogP contribution in [0.1, 0.15) is 146 Å². The number of rotatable bonds is 9. The molecule has 0 spiro atoms. The number of benzene rings is 3. The largest absolute Gasteiger partial charge is 0.512 e. The molecule has 1 aliphatic carbocycles. The summed E-state index contributed by atoms with van der Waals surface area (Å²) in [5, 5.41) is 23.1. The Bertz CT molecular complexity index is 2320. The molecule has 5 nitrogen and oxygen atoms in total. The molecule has 5 aromatic rings. The van der Waals surface area contributed by atoms with Crippen molar-refractivity contribution in [3.8, 4) is 17.3 Å². The van der Waals surface area contributed by atoms with E-state index in [0.717, 1.165) is 32.2 Å². The number of thiophene rings is 1.